The summed E-state index contributed by atoms with van der Waals surface area (Å²) >= 11 is 0. The summed E-state index contributed by atoms with van der Waals surface area (Å²) in [5.41, 5.74) is 1.79. The lowest BCUT2D eigenvalue weighted by atomic mass is 9.81. The van der Waals surface area contributed by atoms with Gasteiger partial charge in [0.2, 0.25) is 0 Å². The average Bonchev–Trinajstić information content (AvgIpc) is 2.78. The van der Waals surface area contributed by atoms with Gasteiger partial charge in [0.05, 0.1) is 11.8 Å². The molecule has 0 aromatic heterocycles. The predicted octanol–water partition coefficient (Wildman–Crippen LogP) is 5.36. The molecule has 190 valence electrons. The molecule has 7 nitrogen and oxygen atoms in total. The fraction of sp³-hybridized carbons (Fsp3) is 0.464. The molecule has 2 N–H and O–H groups in total. The number of hydrogen-bond donors (Lipinski definition) is 2. The van der Waals surface area contributed by atoms with Crippen LogP contribution in [0.5, 0.6) is 0 Å². The van der Waals surface area contributed by atoms with Crippen LogP contribution in [-0.4, -0.2) is 28.7 Å². The second-order valence-corrected chi connectivity index (χ2v) is 10.2. The maximum atomic E-state index is 13.0. The molecule has 2 rings (SSSR count). The Morgan fingerprint density at radius 2 is 1.54 bits per heavy atom. The van der Waals surface area contributed by atoms with E-state index in [9.17, 15) is 19.5 Å². The predicted molar refractivity (Wildman–Crippen MR) is 134 cm³/mol. The molecule has 2 aromatic rings. The molecule has 7 heteroatoms. The minimum atomic E-state index is -1.01. The second kappa shape index (κ2) is 12.9. The highest BCUT2D eigenvalue weighted by Crippen LogP contribution is 2.28. The highest BCUT2D eigenvalue weighted by atomic mass is 16.6. The number of ether oxygens (including phenoxy) is 2. The fourth-order valence-electron chi connectivity index (χ4n) is 3.78. The van der Waals surface area contributed by atoms with Crippen molar-refractivity contribution in [1.82, 2.24) is 5.32 Å². The number of carbonyl (C=O) groups excluding carboxylic acids is 2. The molecule has 0 radical (unpaired) electrons. The van der Waals surface area contributed by atoms with Crippen molar-refractivity contribution < 1.29 is 29.0 Å². The molecule has 0 spiro atoms. The summed E-state index contributed by atoms with van der Waals surface area (Å²) < 4.78 is 10.8. The van der Waals surface area contributed by atoms with E-state index in [2.05, 4.69) is 5.32 Å². The maximum Gasteiger partial charge on any atom is 0.407 e. The summed E-state index contributed by atoms with van der Waals surface area (Å²) in [4.78, 5) is 37.2. The number of amides is 1. The zero-order chi connectivity index (χ0) is 26.0. The fourth-order valence-corrected chi connectivity index (χ4v) is 3.78. The Morgan fingerprint density at radius 1 is 0.914 bits per heavy atom. The Kier molecular flexibility index (Phi) is 10.3. The molecule has 1 amide bonds. The molecule has 0 fully saturated rings. The Balaban J connectivity index is 2.08. The number of carboxylic acids is 1. The standard InChI is InChI=1S/C28H37NO6/c1-19(2)14-23(25(30)31)24(26(32)35-28(3,4)5)16-21-12-9-13-22(15-21)17-29-27(33)34-18-20-10-7-6-8-11-20/h6-13,15,19,23-24H,14,16-18H2,1-5H3,(H,29,33)(H,30,31). The van der Waals surface area contributed by atoms with Crippen LogP contribution in [-0.2, 0) is 38.6 Å². The summed E-state index contributed by atoms with van der Waals surface area (Å²) in [5.74, 6) is -3.10. The molecular weight excluding hydrogens is 446 g/mol. The first-order valence-electron chi connectivity index (χ1n) is 11.9. The zero-order valence-electron chi connectivity index (χ0n) is 21.2. The van der Waals surface area contributed by atoms with Crippen LogP contribution in [0.4, 0.5) is 4.79 Å². The minimum Gasteiger partial charge on any atom is -0.481 e. The van der Waals surface area contributed by atoms with Gasteiger partial charge < -0.3 is 19.9 Å². The number of aliphatic carboxylic acids is 1. The van der Waals surface area contributed by atoms with Gasteiger partial charge in [0, 0.05) is 6.54 Å². The number of nitrogens with one attached hydrogen (secondary N) is 1. The van der Waals surface area contributed by atoms with Gasteiger partial charge in [-0.15, -0.1) is 0 Å². The van der Waals surface area contributed by atoms with Gasteiger partial charge in [0.1, 0.15) is 12.2 Å². The first-order valence-corrected chi connectivity index (χ1v) is 11.9. The quantitative estimate of drug-likeness (QED) is 0.417. The van der Waals surface area contributed by atoms with Crippen molar-refractivity contribution in [2.45, 2.75) is 66.2 Å². The van der Waals surface area contributed by atoms with Crippen LogP contribution in [0.1, 0.15) is 57.7 Å². The van der Waals surface area contributed by atoms with E-state index in [4.69, 9.17) is 9.47 Å². The third-order valence-electron chi connectivity index (χ3n) is 5.33. The molecule has 0 aliphatic carbocycles. The third kappa shape index (κ3) is 10.2. The lowest BCUT2D eigenvalue weighted by Crippen LogP contribution is -2.37. The SMILES string of the molecule is CC(C)CC(C(=O)O)C(Cc1cccc(CNC(=O)OCc2ccccc2)c1)C(=O)OC(C)(C)C. The van der Waals surface area contributed by atoms with Crippen molar-refractivity contribution >= 4 is 18.0 Å². The Hall–Kier alpha value is -3.35. The molecule has 35 heavy (non-hydrogen) atoms. The van der Waals surface area contributed by atoms with Crippen molar-refractivity contribution in [1.29, 1.82) is 0 Å². The van der Waals surface area contributed by atoms with Crippen molar-refractivity contribution in [3.05, 3.63) is 71.3 Å². The molecule has 0 bridgehead atoms. The second-order valence-electron chi connectivity index (χ2n) is 10.2. The van der Waals surface area contributed by atoms with Crippen LogP contribution in [0.15, 0.2) is 54.6 Å². The molecule has 2 atom stereocenters. The van der Waals surface area contributed by atoms with E-state index in [0.29, 0.717) is 6.42 Å². The molecule has 0 aliphatic heterocycles. The van der Waals surface area contributed by atoms with Gasteiger partial charge in [-0.1, -0.05) is 68.4 Å². The number of rotatable bonds is 11. The van der Waals surface area contributed by atoms with E-state index >= 15 is 0 Å². The van der Waals surface area contributed by atoms with Crippen molar-refractivity contribution in [3.8, 4) is 0 Å². The Labute approximate surface area is 207 Å². The summed E-state index contributed by atoms with van der Waals surface area (Å²) in [6.45, 7) is 9.59. The van der Waals surface area contributed by atoms with E-state index in [-0.39, 0.29) is 25.5 Å². The van der Waals surface area contributed by atoms with Gasteiger partial charge >= 0.3 is 18.0 Å². The van der Waals surface area contributed by atoms with Crippen LogP contribution < -0.4 is 5.32 Å². The van der Waals surface area contributed by atoms with Crippen molar-refractivity contribution in [2.24, 2.45) is 17.8 Å². The first kappa shape index (κ1) is 27.9. The van der Waals surface area contributed by atoms with Crippen LogP contribution >= 0.6 is 0 Å². The lowest BCUT2D eigenvalue weighted by molar-refractivity contribution is -0.167. The van der Waals surface area contributed by atoms with Crippen LogP contribution in [0.2, 0.25) is 0 Å². The largest absolute Gasteiger partial charge is 0.481 e. The molecule has 0 heterocycles. The zero-order valence-corrected chi connectivity index (χ0v) is 21.2. The molecule has 0 aliphatic rings. The third-order valence-corrected chi connectivity index (χ3v) is 5.33. The van der Waals surface area contributed by atoms with Gasteiger partial charge in [-0.3, -0.25) is 9.59 Å². The van der Waals surface area contributed by atoms with Gasteiger partial charge in [-0.25, -0.2) is 4.79 Å². The van der Waals surface area contributed by atoms with Gasteiger partial charge in [0.25, 0.3) is 0 Å². The summed E-state index contributed by atoms with van der Waals surface area (Å²) in [7, 11) is 0. The van der Waals surface area contributed by atoms with Crippen LogP contribution in [0, 0.1) is 17.8 Å². The molecule has 2 aromatic carbocycles. The van der Waals surface area contributed by atoms with Crippen molar-refractivity contribution in [2.75, 3.05) is 0 Å². The maximum absolute atomic E-state index is 13.0. The highest BCUT2D eigenvalue weighted by Gasteiger charge is 2.37. The molecule has 2 unspecified atom stereocenters. The van der Waals surface area contributed by atoms with Gasteiger partial charge in [0.15, 0.2) is 0 Å². The van der Waals surface area contributed by atoms with E-state index in [1.807, 2.05) is 68.4 Å². The summed E-state index contributed by atoms with van der Waals surface area (Å²) in [5, 5.41) is 12.6. The van der Waals surface area contributed by atoms with E-state index in [0.717, 1.165) is 16.7 Å². The van der Waals surface area contributed by atoms with E-state index in [1.165, 1.54) is 0 Å². The Morgan fingerprint density at radius 3 is 2.14 bits per heavy atom. The van der Waals surface area contributed by atoms with E-state index < -0.39 is 35.5 Å². The summed E-state index contributed by atoms with van der Waals surface area (Å²) in [6, 6.07) is 16.8. The number of alkyl carbamates (subject to hydrolysis) is 1. The number of hydrogen-bond acceptors (Lipinski definition) is 5. The van der Waals surface area contributed by atoms with Gasteiger partial charge in [-0.2, -0.15) is 0 Å². The molecule has 0 saturated carbocycles. The van der Waals surface area contributed by atoms with Crippen LogP contribution in [0.3, 0.4) is 0 Å². The monoisotopic (exact) mass is 483 g/mol. The number of esters is 1. The highest BCUT2D eigenvalue weighted by molar-refractivity contribution is 5.81. The topological polar surface area (TPSA) is 102 Å². The smallest absolute Gasteiger partial charge is 0.407 e. The molecule has 0 saturated heterocycles. The number of benzene rings is 2. The minimum absolute atomic E-state index is 0.110. The first-order chi connectivity index (χ1) is 16.4. The van der Waals surface area contributed by atoms with E-state index in [1.54, 1.807) is 20.8 Å². The molecular formula is C28H37NO6. The Bertz CT molecular complexity index is 980. The lowest BCUT2D eigenvalue weighted by Gasteiger charge is -2.28. The average molecular weight is 484 g/mol. The normalized spacial score (nSPS) is 13.1. The van der Waals surface area contributed by atoms with Crippen LogP contribution in [0.25, 0.3) is 0 Å². The summed E-state index contributed by atoms with van der Waals surface area (Å²) in [6.07, 6.45) is 0.0623. The number of carboxylic acid groups (broad SMARTS) is 1. The number of carbonyl (C=O) groups is 3. The van der Waals surface area contributed by atoms with Gasteiger partial charge in [-0.05, 0) is 56.2 Å². The van der Waals surface area contributed by atoms with Crippen molar-refractivity contribution in [3.63, 3.8) is 0 Å².